The molecule has 0 spiro atoms. The van der Waals surface area contributed by atoms with Crippen LogP contribution in [0.4, 0.5) is 11.4 Å². The monoisotopic (exact) mass is 440 g/mol. The molecule has 0 saturated heterocycles. The number of ether oxygens (including phenoxy) is 3. The van der Waals surface area contributed by atoms with E-state index >= 15 is 0 Å². The maximum absolute atomic E-state index is 12.8. The fourth-order valence-electron chi connectivity index (χ4n) is 3.36. The number of methoxy groups -OCH3 is 1. The molecule has 0 saturated carbocycles. The van der Waals surface area contributed by atoms with Crippen LogP contribution in [0.15, 0.2) is 42.5 Å². The van der Waals surface area contributed by atoms with Crippen LogP contribution in [0.5, 0.6) is 11.5 Å². The van der Waals surface area contributed by atoms with Crippen LogP contribution in [0.3, 0.4) is 0 Å². The van der Waals surface area contributed by atoms with E-state index in [1.54, 1.807) is 37.3 Å². The number of fused-ring (bicyclic) bond motifs is 1. The number of benzene rings is 2. The topological polar surface area (TPSA) is 111 Å². The van der Waals surface area contributed by atoms with Gasteiger partial charge in [0, 0.05) is 18.0 Å². The molecular formula is C23H24N2O7. The quantitative estimate of drug-likeness (QED) is 0.520. The third-order valence-electron chi connectivity index (χ3n) is 4.90. The molecule has 2 aromatic carbocycles. The van der Waals surface area contributed by atoms with Crippen molar-refractivity contribution in [2.45, 2.75) is 26.3 Å². The van der Waals surface area contributed by atoms with Gasteiger partial charge in [-0.2, -0.15) is 0 Å². The second-order valence-corrected chi connectivity index (χ2v) is 7.25. The third kappa shape index (κ3) is 5.23. The number of ketones is 1. The fraction of sp³-hybridized carbons (Fsp3) is 0.304. The molecule has 0 unspecified atom stereocenters. The van der Waals surface area contributed by atoms with E-state index in [0.29, 0.717) is 22.7 Å². The third-order valence-corrected chi connectivity index (χ3v) is 4.90. The Bertz CT molecular complexity index is 1050. The second-order valence-electron chi connectivity index (χ2n) is 7.25. The van der Waals surface area contributed by atoms with Gasteiger partial charge in [-0.25, -0.2) is 4.79 Å². The van der Waals surface area contributed by atoms with Crippen LogP contribution >= 0.6 is 0 Å². The molecule has 9 nitrogen and oxygen atoms in total. The van der Waals surface area contributed by atoms with E-state index in [0.717, 1.165) is 0 Å². The van der Waals surface area contributed by atoms with Crippen molar-refractivity contribution in [1.29, 1.82) is 0 Å². The molecule has 3 rings (SSSR count). The van der Waals surface area contributed by atoms with Gasteiger partial charge in [-0.15, -0.1) is 0 Å². The van der Waals surface area contributed by atoms with E-state index in [9.17, 15) is 19.2 Å². The summed E-state index contributed by atoms with van der Waals surface area (Å²) in [6.07, 6.45) is 0.119. The lowest BCUT2D eigenvalue weighted by atomic mass is 10.1. The summed E-state index contributed by atoms with van der Waals surface area (Å²) in [6.45, 7) is 2.23. The lowest BCUT2D eigenvalue weighted by Crippen LogP contribution is -2.41. The number of rotatable bonds is 7. The average Bonchev–Trinajstić information content (AvgIpc) is 2.89. The van der Waals surface area contributed by atoms with Crippen molar-refractivity contribution >= 4 is 34.9 Å². The molecular weight excluding hydrogens is 416 g/mol. The summed E-state index contributed by atoms with van der Waals surface area (Å²) in [6, 6.07) is 11.1. The van der Waals surface area contributed by atoms with Gasteiger partial charge in [-0.3, -0.25) is 14.4 Å². The number of amides is 2. The van der Waals surface area contributed by atoms with Gasteiger partial charge >= 0.3 is 5.97 Å². The zero-order valence-electron chi connectivity index (χ0n) is 18.0. The first-order valence-electron chi connectivity index (χ1n) is 9.98. The predicted molar refractivity (Wildman–Crippen MR) is 116 cm³/mol. The van der Waals surface area contributed by atoms with Gasteiger partial charge in [0.15, 0.2) is 30.5 Å². The van der Waals surface area contributed by atoms with Crippen molar-refractivity contribution in [3.8, 4) is 11.5 Å². The average molecular weight is 440 g/mol. The van der Waals surface area contributed by atoms with E-state index in [2.05, 4.69) is 5.32 Å². The number of hydrogen-bond donors (Lipinski definition) is 1. The summed E-state index contributed by atoms with van der Waals surface area (Å²) in [5.41, 5.74) is 1.51. The summed E-state index contributed by atoms with van der Waals surface area (Å²) in [5, 5.41) is 2.77. The number of Topliss-reactive ketones (excluding diaryl/α,β-unsaturated/α-hetero) is 1. The molecule has 9 heteroatoms. The van der Waals surface area contributed by atoms with Crippen LogP contribution in [0, 0.1) is 0 Å². The fourth-order valence-corrected chi connectivity index (χ4v) is 3.36. The Hall–Kier alpha value is -3.88. The van der Waals surface area contributed by atoms with Crippen molar-refractivity contribution in [2.24, 2.45) is 0 Å². The van der Waals surface area contributed by atoms with E-state index in [1.165, 1.54) is 31.1 Å². The van der Waals surface area contributed by atoms with Gasteiger partial charge in [0.1, 0.15) is 0 Å². The highest BCUT2D eigenvalue weighted by atomic mass is 16.6. The van der Waals surface area contributed by atoms with Gasteiger partial charge in [-0.1, -0.05) is 12.1 Å². The SMILES string of the molecule is COc1cc(C(C)=O)ccc1OCC(=O)OCC(=O)N1c2ccccc2NC(=O)C[C@H]1C. The van der Waals surface area contributed by atoms with Crippen LogP contribution in [-0.2, 0) is 19.1 Å². The first-order chi connectivity index (χ1) is 15.3. The van der Waals surface area contributed by atoms with Crippen LogP contribution in [0.2, 0.25) is 0 Å². The molecule has 1 N–H and O–H groups in total. The van der Waals surface area contributed by atoms with Crippen LogP contribution in [-0.4, -0.2) is 49.9 Å². The molecule has 1 aliphatic rings. The Labute approximate surface area is 185 Å². The molecule has 32 heavy (non-hydrogen) atoms. The number of anilines is 2. The van der Waals surface area contributed by atoms with Crippen LogP contribution < -0.4 is 19.7 Å². The number of esters is 1. The molecule has 2 aromatic rings. The molecule has 0 radical (unpaired) electrons. The van der Waals surface area contributed by atoms with E-state index in [-0.39, 0.29) is 23.9 Å². The van der Waals surface area contributed by atoms with Crippen LogP contribution in [0.1, 0.15) is 30.6 Å². The molecule has 0 bridgehead atoms. The molecule has 1 heterocycles. The Morgan fingerprint density at radius 3 is 2.56 bits per heavy atom. The highest BCUT2D eigenvalue weighted by molar-refractivity contribution is 6.05. The summed E-state index contributed by atoms with van der Waals surface area (Å²) >= 11 is 0. The Morgan fingerprint density at radius 1 is 1.09 bits per heavy atom. The number of hydrogen-bond acceptors (Lipinski definition) is 7. The summed E-state index contributed by atoms with van der Waals surface area (Å²) in [7, 11) is 1.42. The molecule has 0 aliphatic carbocycles. The lowest BCUT2D eigenvalue weighted by molar-refractivity contribution is -0.150. The molecule has 0 fully saturated rings. The normalized spacial score (nSPS) is 15.2. The standard InChI is InChI=1S/C23H24N2O7/c1-14-10-21(27)24-17-6-4-5-7-18(17)25(14)22(28)12-32-23(29)13-31-19-9-8-16(15(2)26)11-20(19)30-3/h4-9,11,14H,10,12-13H2,1-3H3,(H,24,27)/t14-/m1/s1. The molecule has 168 valence electrons. The van der Waals surface area contributed by atoms with Gasteiger partial charge in [0.2, 0.25) is 5.91 Å². The molecule has 1 atom stereocenters. The van der Waals surface area contributed by atoms with Crippen molar-refractivity contribution in [3.63, 3.8) is 0 Å². The minimum atomic E-state index is -0.749. The number of nitrogens with one attached hydrogen (secondary N) is 1. The zero-order chi connectivity index (χ0) is 23.3. The van der Waals surface area contributed by atoms with Crippen molar-refractivity contribution in [3.05, 3.63) is 48.0 Å². The largest absolute Gasteiger partial charge is 0.493 e. The van der Waals surface area contributed by atoms with Crippen molar-refractivity contribution < 1.29 is 33.4 Å². The van der Waals surface area contributed by atoms with E-state index < -0.39 is 31.1 Å². The van der Waals surface area contributed by atoms with Crippen molar-refractivity contribution in [1.82, 2.24) is 0 Å². The van der Waals surface area contributed by atoms with Crippen LogP contribution in [0.25, 0.3) is 0 Å². The minimum absolute atomic E-state index is 0.119. The smallest absolute Gasteiger partial charge is 0.344 e. The number of carbonyl (C=O) groups excluding carboxylic acids is 4. The number of nitrogens with zero attached hydrogens (tertiary/aromatic N) is 1. The van der Waals surface area contributed by atoms with Gasteiger partial charge in [-0.05, 0) is 44.2 Å². The zero-order valence-corrected chi connectivity index (χ0v) is 18.0. The maximum atomic E-state index is 12.8. The number of para-hydroxylation sites is 2. The van der Waals surface area contributed by atoms with Gasteiger partial charge in [0.05, 0.1) is 18.5 Å². The summed E-state index contributed by atoms with van der Waals surface area (Å²) in [5.74, 6) is -0.974. The minimum Gasteiger partial charge on any atom is -0.493 e. The highest BCUT2D eigenvalue weighted by Crippen LogP contribution is 2.31. The number of carbonyl (C=O) groups is 4. The maximum Gasteiger partial charge on any atom is 0.344 e. The predicted octanol–water partition coefficient (Wildman–Crippen LogP) is 2.58. The second kappa shape index (κ2) is 9.95. The lowest BCUT2D eigenvalue weighted by Gasteiger charge is -2.27. The first kappa shape index (κ1) is 22.8. The molecule has 2 amide bonds. The summed E-state index contributed by atoms with van der Waals surface area (Å²) in [4.78, 5) is 49.9. The Kier molecular flexibility index (Phi) is 7.09. The Balaban J connectivity index is 1.61. The summed E-state index contributed by atoms with van der Waals surface area (Å²) < 4.78 is 15.7. The Morgan fingerprint density at radius 2 is 1.84 bits per heavy atom. The van der Waals surface area contributed by atoms with E-state index in [1.807, 2.05) is 0 Å². The first-order valence-corrected chi connectivity index (χ1v) is 9.98. The highest BCUT2D eigenvalue weighted by Gasteiger charge is 2.30. The van der Waals surface area contributed by atoms with Gasteiger partial charge < -0.3 is 24.4 Å². The van der Waals surface area contributed by atoms with Gasteiger partial charge in [0.25, 0.3) is 5.91 Å². The molecule has 0 aromatic heterocycles. The van der Waals surface area contributed by atoms with E-state index in [4.69, 9.17) is 14.2 Å². The molecule has 1 aliphatic heterocycles. The van der Waals surface area contributed by atoms with Crippen molar-refractivity contribution in [2.75, 3.05) is 30.5 Å².